The Labute approximate surface area is 261 Å². The summed E-state index contributed by atoms with van der Waals surface area (Å²) in [7, 11) is 0. The van der Waals surface area contributed by atoms with E-state index in [1.807, 2.05) is 55.5 Å². The smallest absolute Gasteiger partial charge is 0.251 e. The minimum Gasteiger partial charge on any atom is -0.351 e. The molecular weight excluding hydrogens is 567 g/mol. The van der Waals surface area contributed by atoms with Crippen molar-refractivity contribution in [3.05, 3.63) is 113 Å². The quantitative estimate of drug-likeness (QED) is 0.151. The van der Waals surface area contributed by atoms with Crippen LogP contribution in [0.15, 0.2) is 96.2 Å². The number of benzene rings is 4. The monoisotopic (exact) mass is 601 g/mol. The van der Waals surface area contributed by atoms with Gasteiger partial charge in [0, 0.05) is 23.4 Å². The molecule has 6 aromatic rings. The SMILES string of the molecule is CCCSc1nc2c(C)cc(C(=O)NC[C@H](C)c3ccccc3)cc2n1Cc1ccc(-c2ccccc2-c2nn[nH]n2)cc1. The number of carbonyl (C=O) groups excluding carboxylic acids is 1. The molecule has 0 fully saturated rings. The zero-order chi connectivity index (χ0) is 30.5. The van der Waals surface area contributed by atoms with Crippen LogP contribution in [0.5, 0.6) is 0 Å². The lowest BCUT2D eigenvalue weighted by Crippen LogP contribution is -2.27. The first-order valence-electron chi connectivity index (χ1n) is 14.9. The molecule has 0 aliphatic rings. The highest BCUT2D eigenvalue weighted by Crippen LogP contribution is 2.32. The number of nitrogens with one attached hydrogen (secondary N) is 2. The summed E-state index contributed by atoms with van der Waals surface area (Å²) in [5.41, 5.74) is 8.94. The maximum atomic E-state index is 13.3. The van der Waals surface area contributed by atoms with Gasteiger partial charge in [0.2, 0.25) is 5.82 Å². The van der Waals surface area contributed by atoms with Crippen molar-refractivity contribution in [3.8, 4) is 22.5 Å². The summed E-state index contributed by atoms with van der Waals surface area (Å²) < 4.78 is 2.24. The van der Waals surface area contributed by atoms with Crippen LogP contribution in [-0.2, 0) is 6.54 Å². The van der Waals surface area contributed by atoms with Crippen molar-refractivity contribution in [1.29, 1.82) is 0 Å². The molecule has 9 heteroatoms. The molecule has 44 heavy (non-hydrogen) atoms. The molecule has 0 unspecified atom stereocenters. The van der Waals surface area contributed by atoms with Crippen LogP contribution < -0.4 is 5.32 Å². The second-order valence-electron chi connectivity index (χ2n) is 11.0. The van der Waals surface area contributed by atoms with Crippen LogP contribution in [0, 0.1) is 6.92 Å². The molecule has 0 saturated carbocycles. The molecule has 1 amide bonds. The predicted octanol–water partition coefficient (Wildman–Crippen LogP) is 7.28. The van der Waals surface area contributed by atoms with Crippen LogP contribution in [0.3, 0.4) is 0 Å². The van der Waals surface area contributed by atoms with Crippen LogP contribution in [0.1, 0.15) is 53.2 Å². The number of hydrogen-bond donors (Lipinski definition) is 2. The number of amides is 1. The van der Waals surface area contributed by atoms with E-state index < -0.39 is 0 Å². The van der Waals surface area contributed by atoms with Gasteiger partial charge in [0.25, 0.3) is 5.91 Å². The van der Waals surface area contributed by atoms with Crippen molar-refractivity contribution < 1.29 is 4.79 Å². The van der Waals surface area contributed by atoms with E-state index in [4.69, 9.17) is 4.98 Å². The number of thioether (sulfide) groups is 1. The normalized spacial score (nSPS) is 12.0. The lowest BCUT2D eigenvalue weighted by molar-refractivity contribution is 0.0951. The molecule has 2 aromatic heterocycles. The molecule has 0 spiro atoms. The summed E-state index contributed by atoms with van der Waals surface area (Å²) in [6.07, 6.45) is 1.05. The number of tetrazole rings is 1. The third-order valence-corrected chi connectivity index (χ3v) is 8.95. The lowest BCUT2D eigenvalue weighted by atomic mass is 9.98. The van der Waals surface area contributed by atoms with Crippen molar-refractivity contribution in [2.24, 2.45) is 0 Å². The molecule has 0 saturated heterocycles. The van der Waals surface area contributed by atoms with E-state index in [2.05, 4.69) is 86.8 Å². The van der Waals surface area contributed by atoms with Gasteiger partial charge in [0.05, 0.1) is 17.6 Å². The number of hydrogen-bond acceptors (Lipinski definition) is 6. The van der Waals surface area contributed by atoms with Crippen molar-refractivity contribution in [2.45, 2.75) is 44.8 Å². The first kappa shape index (κ1) is 29.3. The van der Waals surface area contributed by atoms with Crippen LogP contribution >= 0.6 is 11.8 Å². The highest BCUT2D eigenvalue weighted by atomic mass is 32.2. The molecule has 8 nitrogen and oxygen atoms in total. The van der Waals surface area contributed by atoms with Gasteiger partial charge in [-0.2, -0.15) is 5.21 Å². The molecule has 0 radical (unpaired) electrons. The molecule has 0 aliphatic heterocycles. The Morgan fingerprint density at radius 2 is 1.73 bits per heavy atom. The van der Waals surface area contributed by atoms with Gasteiger partial charge in [0.15, 0.2) is 5.16 Å². The number of aromatic amines is 1. The Morgan fingerprint density at radius 3 is 2.45 bits per heavy atom. The van der Waals surface area contributed by atoms with Gasteiger partial charge in [-0.1, -0.05) is 104 Å². The number of carbonyl (C=O) groups is 1. The largest absolute Gasteiger partial charge is 0.351 e. The number of rotatable bonds is 11. The Kier molecular flexibility index (Phi) is 8.84. The van der Waals surface area contributed by atoms with Crippen molar-refractivity contribution >= 4 is 28.7 Å². The average molecular weight is 602 g/mol. The Hall–Kier alpha value is -4.76. The van der Waals surface area contributed by atoms with Gasteiger partial charge in [-0.3, -0.25) is 4.79 Å². The maximum Gasteiger partial charge on any atom is 0.251 e. The summed E-state index contributed by atoms with van der Waals surface area (Å²) in [6, 6.07) is 30.8. The topological polar surface area (TPSA) is 101 Å². The lowest BCUT2D eigenvalue weighted by Gasteiger charge is -2.14. The van der Waals surface area contributed by atoms with Crippen molar-refractivity contribution in [3.63, 3.8) is 0 Å². The number of aromatic nitrogens is 6. The number of H-pyrrole nitrogens is 1. The van der Waals surface area contributed by atoms with E-state index in [-0.39, 0.29) is 11.8 Å². The number of nitrogens with zero attached hydrogens (tertiary/aromatic N) is 5. The molecular formula is C35H35N7OS. The van der Waals surface area contributed by atoms with E-state index >= 15 is 0 Å². The number of imidazole rings is 1. The van der Waals surface area contributed by atoms with Crippen molar-refractivity contribution in [2.75, 3.05) is 12.3 Å². The van der Waals surface area contributed by atoms with Gasteiger partial charge >= 0.3 is 0 Å². The molecule has 0 bridgehead atoms. The Bertz CT molecular complexity index is 1870. The minimum atomic E-state index is -0.0714. The molecule has 6 rings (SSSR count). The van der Waals surface area contributed by atoms with Crippen LogP contribution in [0.25, 0.3) is 33.5 Å². The summed E-state index contributed by atoms with van der Waals surface area (Å²) in [5.74, 6) is 1.68. The molecule has 2 N–H and O–H groups in total. The van der Waals surface area contributed by atoms with Crippen LogP contribution in [-0.4, -0.2) is 48.4 Å². The zero-order valence-electron chi connectivity index (χ0n) is 25.1. The maximum absolute atomic E-state index is 13.3. The highest BCUT2D eigenvalue weighted by molar-refractivity contribution is 7.99. The molecule has 2 heterocycles. The van der Waals surface area contributed by atoms with Gasteiger partial charge in [-0.25, -0.2) is 4.98 Å². The first-order valence-corrected chi connectivity index (χ1v) is 15.9. The summed E-state index contributed by atoms with van der Waals surface area (Å²) >= 11 is 1.76. The van der Waals surface area contributed by atoms with E-state index in [1.165, 1.54) is 5.56 Å². The zero-order valence-corrected chi connectivity index (χ0v) is 25.9. The Balaban J connectivity index is 1.28. The summed E-state index contributed by atoms with van der Waals surface area (Å²) in [6.45, 7) is 7.55. The fraction of sp³-hybridized carbons (Fsp3) is 0.229. The Morgan fingerprint density at radius 1 is 0.977 bits per heavy atom. The standard InChI is InChI=1S/C35H35N7OS/c1-4-18-44-35-37-32-23(2)19-28(34(43)36-21-24(3)26-10-6-5-7-11-26)20-31(32)42(35)22-25-14-16-27(17-15-25)29-12-8-9-13-30(29)33-38-40-41-39-33/h5-17,19-20,24H,4,18,21-22H2,1-3H3,(H,36,43)(H,38,39,40,41)/t24-/m0/s1. The van der Waals surface area contributed by atoms with Crippen LogP contribution in [0.4, 0.5) is 0 Å². The second kappa shape index (κ2) is 13.3. The van der Waals surface area contributed by atoms with Crippen molar-refractivity contribution in [1.82, 2.24) is 35.5 Å². The van der Waals surface area contributed by atoms with Gasteiger partial charge in [-0.15, -0.1) is 10.2 Å². The highest BCUT2D eigenvalue weighted by Gasteiger charge is 2.18. The number of fused-ring (bicyclic) bond motifs is 1. The fourth-order valence-corrected chi connectivity index (χ4v) is 6.25. The molecule has 222 valence electrons. The van der Waals surface area contributed by atoms with Gasteiger partial charge < -0.3 is 9.88 Å². The van der Waals surface area contributed by atoms with Crippen LogP contribution in [0.2, 0.25) is 0 Å². The van der Waals surface area contributed by atoms with Gasteiger partial charge in [0.1, 0.15) is 0 Å². The average Bonchev–Trinajstić information content (AvgIpc) is 3.72. The third-order valence-electron chi connectivity index (χ3n) is 7.76. The molecule has 4 aromatic carbocycles. The summed E-state index contributed by atoms with van der Waals surface area (Å²) in [4.78, 5) is 18.4. The predicted molar refractivity (Wildman–Crippen MR) is 177 cm³/mol. The van der Waals surface area contributed by atoms with E-state index in [0.29, 0.717) is 24.5 Å². The number of aryl methyl sites for hydroxylation is 1. The van der Waals surface area contributed by atoms with E-state index in [0.717, 1.165) is 56.2 Å². The minimum absolute atomic E-state index is 0.0714. The second-order valence-corrected chi connectivity index (χ2v) is 12.1. The first-order chi connectivity index (χ1) is 21.5. The molecule has 1 atom stereocenters. The fourth-order valence-electron chi connectivity index (χ4n) is 5.38. The molecule has 0 aliphatic carbocycles. The summed E-state index contributed by atoms with van der Waals surface area (Å²) in [5, 5.41) is 18.7. The van der Waals surface area contributed by atoms with E-state index in [9.17, 15) is 4.79 Å². The third kappa shape index (κ3) is 6.28. The van der Waals surface area contributed by atoms with E-state index in [1.54, 1.807) is 11.8 Å². The van der Waals surface area contributed by atoms with Gasteiger partial charge in [-0.05, 0) is 64.4 Å².